The van der Waals surface area contributed by atoms with Crippen molar-refractivity contribution < 1.29 is 9.53 Å². The lowest BCUT2D eigenvalue weighted by molar-refractivity contribution is -0.142. The van der Waals surface area contributed by atoms with Crippen LogP contribution in [0.1, 0.15) is 46.6 Å². The lowest BCUT2D eigenvalue weighted by Gasteiger charge is -2.16. The molecule has 1 heterocycles. The van der Waals surface area contributed by atoms with Crippen LogP contribution in [0.15, 0.2) is 48.5 Å². The van der Waals surface area contributed by atoms with Gasteiger partial charge < -0.3 is 10.1 Å². The van der Waals surface area contributed by atoms with E-state index in [1.54, 1.807) is 16.9 Å². The van der Waals surface area contributed by atoms with Crippen molar-refractivity contribution in [1.82, 2.24) is 20.2 Å². The number of hydrogen-bond acceptors (Lipinski definition) is 6. The number of nitrogens with zero attached hydrogens (tertiary/aromatic N) is 4. The van der Waals surface area contributed by atoms with E-state index in [-0.39, 0.29) is 5.97 Å². The summed E-state index contributed by atoms with van der Waals surface area (Å²) in [6.45, 7) is 10.3. The molecule has 0 aliphatic rings. The van der Waals surface area contributed by atoms with Crippen LogP contribution < -0.4 is 10.1 Å². The summed E-state index contributed by atoms with van der Waals surface area (Å²) in [6.07, 6.45) is 1.08. The first-order chi connectivity index (χ1) is 14.2. The second kappa shape index (κ2) is 9.07. The van der Waals surface area contributed by atoms with Crippen LogP contribution in [0.25, 0.3) is 11.4 Å². The molecule has 7 nitrogen and oxygen atoms in total. The lowest BCUT2D eigenvalue weighted by Crippen LogP contribution is -2.25. The van der Waals surface area contributed by atoms with Crippen LogP contribution in [0.2, 0.25) is 0 Å². The van der Waals surface area contributed by atoms with E-state index in [1.165, 1.54) is 0 Å². The highest BCUT2D eigenvalue weighted by Gasteiger charge is 2.23. The van der Waals surface area contributed by atoms with Crippen LogP contribution in [0.5, 0.6) is 5.75 Å². The molecule has 0 aliphatic heterocycles. The number of anilines is 1. The number of aromatic nitrogens is 4. The quantitative estimate of drug-likeness (QED) is 0.457. The first-order valence-electron chi connectivity index (χ1n) is 10.2. The molecule has 1 unspecified atom stereocenters. The maximum atomic E-state index is 12.0. The molecule has 158 valence electrons. The lowest BCUT2D eigenvalue weighted by atomic mass is 9.97. The maximum absolute atomic E-state index is 12.0. The van der Waals surface area contributed by atoms with E-state index >= 15 is 0 Å². The predicted octanol–water partition coefficient (Wildman–Crippen LogP) is 4.55. The van der Waals surface area contributed by atoms with Crippen molar-refractivity contribution in [1.29, 1.82) is 0 Å². The number of carbonyl (C=O) groups excluding carboxylic acids is 1. The van der Waals surface area contributed by atoms with Crippen molar-refractivity contribution >= 4 is 11.7 Å². The minimum absolute atomic E-state index is 0.273. The van der Waals surface area contributed by atoms with Crippen LogP contribution >= 0.6 is 0 Å². The van der Waals surface area contributed by atoms with Gasteiger partial charge in [0.15, 0.2) is 0 Å². The average Bonchev–Trinajstić information content (AvgIpc) is 3.17. The molecule has 0 radical (unpaired) electrons. The third kappa shape index (κ3) is 5.65. The second-order valence-corrected chi connectivity index (χ2v) is 8.46. The Labute approximate surface area is 177 Å². The minimum atomic E-state index is -0.550. The molecule has 3 aromatic rings. The zero-order valence-corrected chi connectivity index (χ0v) is 18.2. The molecule has 1 atom stereocenters. The first-order valence-corrected chi connectivity index (χ1v) is 10.2. The number of carbonyl (C=O) groups is 1. The SMILES string of the molecule is CCC(C)Nc1ccc(Cn2nnc(-c3ccc(OC(=O)C(C)(C)C)cc3)n2)cc1. The van der Waals surface area contributed by atoms with Gasteiger partial charge in [0.2, 0.25) is 5.82 Å². The monoisotopic (exact) mass is 407 g/mol. The molecule has 1 aromatic heterocycles. The molecule has 1 N–H and O–H groups in total. The average molecular weight is 408 g/mol. The molecule has 0 fully saturated rings. The highest BCUT2D eigenvalue weighted by Crippen LogP contribution is 2.22. The van der Waals surface area contributed by atoms with Crippen molar-refractivity contribution in [2.75, 3.05) is 5.32 Å². The van der Waals surface area contributed by atoms with Gasteiger partial charge in [0, 0.05) is 17.3 Å². The zero-order chi connectivity index (χ0) is 21.7. The molecule has 7 heteroatoms. The fourth-order valence-electron chi connectivity index (χ4n) is 2.61. The highest BCUT2D eigenvalue weighted by atomic mass is 16.5. The molecule has 0 amide bonds. The third-order valence-corrected chi connectivity index (χ3v) is 4.69. The number of tetrazole rings is 1. The largest absolute Gasteiger partial charge is 0.426 e. The van der Waals surface area contributed by atoms with Crippen molar-refractivity contribution in [3.63, 3.8) is 0 Å². The molecular weight excluding hydrogens is 378 g/mol. The molecule has 0 spiro atoms. The molecule has 0 aliphatic carbocycles. The van der Waals surface area contributed by atoms with E-state index in [1.807, 2.05) is 32.9 Å². The first kappa shape index (κ1) is 21.5. The maximum Gasteiger partial charge on any atom is 0.316 e. The Morgan fingerprint density at radius 2 is 1.77 bits per heavy atom. The fourth-order valence-corrected chi connectivity index (χ4v) is 2.61. The number of esters is 1. The summed E-state index contributed by atoms with van der Waals surface area (Å²) in [4.78, 5) is 13.6. The van der Waals surface area contributed by atoms with E-state index in [9.17, 15) is 4.79 Å². The van der Waals surface area contributed by atoms with Crippen LogP contribution in [0.3, 0.4) is 0 Å². The standard InChI is InChI=1S/C23H29N5O2/c1-6-16(2)24-19-11-7-17(8-12-19)15-28-26-21(25-27-28)18-9-13-20(14-10-18)30-22(29)23(3,4)5/h7-14,16,24H,6,15H2,1-5H3. The van der Waals surface area contributed by atoms with Crippen molar-refractivity contribution in [2.45, 2.75) is 53.6 Å². The number of nitrogens with one attached hydrogen (secondary N) is 1. The highest BCUT2D eigenvalue weighted by molar-refractivity contribution is 5.78. The zero-order valence-electron chi connectivity index (χ0n) is 18.2. The number of rotatable bonds is 7. The van der Waals surface area contributed by atoms with Gasteiger partial charge in [-0.3, -0.25) is 4.79 Å². The Balaban J connectivity index is 1.63. The van der Waals surface area contributed by atoms with E-state index in [4.69, 9.17) is 4.74 Å². The number of benzene rings is 2. The predicted molar refractivity (Wildman–Crippen MR) is 117 cm³/mol. The minimum Gasteiger partial charge on any atom is -0.426 e. The molecule has 2 aromatic carbocycles. The summed E-state index contributed by atoms with van der Waals surface area (Å²) in [5.74, 6) is 0.751. The molecule has 3 rings (SSSR count). The van der Waals surface area contributed by atoms with Gasteiger partial charge in [0.05, 0.1) is 12.0 Å². The summed E-state index contributed by atoms with van der Waals surface area (Å²) in [7, 11) is 0. The summed E-state index contributed by atoms with van der Waals surface area (Å²) in [6, 6.07) is 15.8. The smallest absolute Gasteiger partial charge is 0.316 e. The van der Waals surface area contributed by atoms with Gasteiger partial charge in [0.1, 0.15) is 5.75 Å². The van der Waals surface area contributed by atoms with Gasteiger partial charge in [-0.15, -0.1) is 10.2 Å². The molecule has 0 saturated heterocycles. The van der Waals surface area contributed by atoms with E-state index in [0.717, 1.165) is 23.2 Å². The molecule has 0 bridgehead atoms. The Kier molecular flexibility index (Phi) is 6.50. The van der Waals surface area contributed by atoms with Gasteiger partial charge in [-0.05, 0) is 81.3 Å². The van der Waals surface area contributed by atoms with Crippen molar-refractivity contribution in [3.05, 3.63) is 54.1 Å². The van der Waals surface area contributed by atoms with Crippen molar-refractivity contribution in [2.24, 2.45) is 5.41 Å². The summed E-state index contributed by atoms with van der Waals surface area (Å²) in [5.41, 5.74) is 2.46. The third-order valence-electron chi connectivity index (χ3n) is 4.69. The summed E-state index contributed by atoms with van der Waals surface area (Å²) >= 11 is 0. The van der Waals surface area contributed by atoms with Gasteiger partial charge in [0.25, 0.3) is 0 Å². The van der Waals surface area contributed by atoms with E-state index < -0.39 is 5.41 Å². The van der Waals surface area contributed by atoms with E-state index in [0.29, 0.717) is 24.2 Å². The van der Waals surface area contributed by atoms with Crippen LogP contribution in [0, 0.1) is 5.41 Å². The van der Waals surface area contributed by atoms with Gasteiger partial charge >= 0.3 is 5.97 Å². The Morgan fingerprint density at radius 1 is 1.10 bits per heavy atom. The second-order valence-electron chi connectivity index (χ2n) is 8.46. The van der Waals surface area contributed by atoms with Crippen LogP contribution in [-0.4, -0.2) is 32.2 Å². The Morgan fingerprint density at radius 3 is 2.37 bits per heavy atom. The molecular formula is C23H29N5O2. The Bertz CT molecular complexity index is 972. The fraction of sp³-hybridized carbons (Fsp3) is 0.391. The van der Waals surface area contributed by atoms with E-state index in [2.05, 4.69) is 58.8 Å². The topological polar surface area (TPSA) is 81.9 Å². The van der Waals surface area contributed by atoms with Crippen LogP contribution in [0.4, 0.5) is 5.69 Å². The van der Waals surface area contributed by atoms with Crippen molar-refractivity contribution in [3.8, 4) is 17.1 Å². The number of hydrogen-bond donors (Lipinski definition) is 1. The Hall–Kier alpha value is -3.22. The van der Waals surface area contributed by atoms with Gasteiger partial charge in [-0.25, -0.2) is 0 Å². The molecule has 0 saturated carbocycles. The summed E-state index contributed by atoms with van der Waals surface area (Å²) in [5, 5.41) is 16.2. The van der Waals surface area contributed by atoms with Crippen LogP contribution in [-0.2, 0) is 11.3 Å². The van der Waals surface area contributed by atoms with Gasteiger partial charge in [-0.2, -0.15) is 4.80 Å². The number of ether oxygens (including phenoxy) is 1. The normalized spacial score (nSPS) is 12.4. The van der Waals surface area contributed by atoms with Gasteiger partial charge in [-0.1, -0.05) is 19.1 Å². The molecule has 30 heavy (non-hydrogen) atoms. The summed E-state index contributed by atoms with van der Waals surface area (Å²) < 4.78 is 5.39.